The summed E-state index contributed by atoms with van der Waals surface area (Å²) in [6.07, 6.45) is -0.00219. The number of carbonyl (C=O) groups is 1. The molecular formula is C22H22F4N2O2. The van der Waals surface area contributed by atoms with E-state index >= 15 is 0 Å². The predicted molar refractivity (Wildman–Crippen MR) is 108 cm³/mol. The monoisotopic (exact) mass is 422 g/mol. The first-order valence-corrected chi connectivity index (χ1v) is 9.03. The van der Waals surface area contributed by atoms with E-state index in [1.165, 1.54) is 6.07 Å². The van der Waals surface area contributed by atoms with Gasteiger partial charge in [0.2, 0.25) is 0 Å². The standard InChI is InChI=1S/C22H22F4N2O2/c1-5-12-28(14-15-6-11-19(23)18(13-15)22(24,25)26)17-9-7-16(8-10-17)27-20(29)30-21(2,3)4/h1,6-11,13H,12,14H2,2-4H3,(H,27,29). The third-order valence-electron chi connectivity index (χ3n) is 3.87. The van der Waals surface area contributed by atoms with Crippen LogP contribution in [0.4, 0.5) is 33.7 Å². The Morgan fingerprint density at radius 2 is 1.77 bits per heavy atom. The van der Waals surface area contributed by atoms with E-state index in [0.717, 1.165) is 12.1 Å². The van der Waals surface area contributed by atoms with E-state index in [1.54, 1.807) is 49.9 Å². The topological polar surface area (TPSA) is 41.6 Å². The van der Waals surface area contributed by atoms with Crippen LogP contribution in [0.25, 0.3) is 0 Å². The van der Waals surface area contributed by atoms with Crippen molar-refractivity contribution in [2.75, 3.05) is 16.8 Å². The Morgan fingerprint density at radius 3 is 2.30 bits per heavy atom. The van der Waals surface area contributed by atoms with Crippen molar-refractivity contribution < 1.29 is 27.1 Å². The number of benzene rings is 2. The zero-order valence-corrected chi connectivity index (χ0v) is 16.8. The first kappa shape index (κ1) is 23.1. The molecule has 0 radical (unpaired) electrons. The minimum Gasteiger partial charge on any atom is -0.444 e. The van der Waals surface area contributed by atoms with Gasteiger partial charge in [0.15, 0.2) is 0 Å². The number of carbonyl (C=O) groups excluding carboxylic acids is 1. The summed E-state index contributed by atoms with van der Waals surface area (Å²) in [5.74, 6) is 1.13. The SMILES string of the molecule is C#CCN(Cc1ccc(F)c(C(F)(F)F)c1)c1ccc(NC(=O)OC(C)(C)C)cc1. The molecule has 0 aromatic heterocycles. The molecule has 8 heteroatoms. The lowest BCUT2D eigenvalue weighted by Gasteiger charge is -2.24. The summed E-state index contributed by atoms with van der Waals surface area (Å²) < 4.78 is 57.6. The highest BCUT2D eigenvalue weighted by Crippen LogP contribution is 2.32. The number of rotatable bonds is 5. The lowest BCUT2D eigenvalue weighted by Crippen LogP contribution is -2.27. The van der Waals surface area contributed by atoms with Gasteiger partial charge in [0.05, 0.1) is 12.1 Å². The quantitative estimate of drug-likeness (QED) is 0.487. The Bertz CT molecular complexity index is 926. The van der Waals surface area contributed by atoms with Crippen LogP contribution in [-0.4, -0.2) is 18.2 Å². The highest BCUT2D eigenvalue weighted by atomic mass is 19.4. The molecule has 1 N–H and O–H groups in total. The van der Waals surface area contributed by atoms with Crippen molar-refractivity contribution in [1.82, 2.24) is 0 Å². The molecule has 0 fully saturated rings. The highest BCUT2D eigenvalue weighted by molar-refractivity contribution is 5.85. The molecule has 0 saturated carbocycles. The number of halogens is 4. The maximum atomic E-state index is 13.5. The van der Waals surface area contributed by atoms with Crippen molar-refractivity contribution in [2.24, 2.45) is 0 Å². The van der Waals surface area contributed by atoms with E-state index in [-0.39, 0.29) is 18.7 Å². The minimum absolute atomic E-state index is 0.0480. The molecule has 0 heterocycles. The average Bonchev–Trinajstić information content (AvgIpc) is 2.61. The summed E-state index contributed by atoms with van der Waals surface area (Å²) in [5.41, 5.74) is -0.597. The number of amides is 1. The Labute approximate surface area is 172 Å². The van der Waals surface area contributed by atoms with Gasteiger partial charge in [-0.05, 0) is 62.7 Å². The van der Waals surface area contributed by atoms with Gasteiger partial charge in [0, 0.05) is 17.9 Å². The fourth-order valence-electron chi connectivity index (χ4n) is 2.63. The molecule has 2 aromatic carbocycles. The number of hydrogen-bond acceptors (Lipinski definition) is 3. The number of nitrogens with zero attached hydrogens (tertiary/aromatic N) is 1. The molecule has 2 aromatic rings. The largest absolute Gasteiger partial charge is 0.444 e. The number of nitrogens with one attached hydrogen (secondary N) is 1. The summed E-state index contributed by atoms with van der Waals surface area (Å²) in [6.45, 7) is 5.40. The van der Waals surface area contributed by atoms with Crippen molar-refractivity contribution in [2.45, 2.75) is 39.1 Å². The van der Waals surface area contributed by atoms with Crippen LogP contribution in [0, 0.1) is 18.2 Å². The smallest absolute Gasteiger partial charge is 0.419 e. The molecule has 0 bridgehead atoms. The van der Waals surface area contributed by atoms with Gasteiger partial charge in [-0.3, -0.25) is 5.32 Å². The third-order valence-corrected chi connectivity index (χ3v) is 3.87. The summed E-state index contributed by atoms with van der Waals surface area (Å²) >= 11 is 0. The highest BCUT2D eigenvalue weighted by Gasteiger charge is 2.34. The number of anilines is 2. The minimum atomic E-state index is -4.79. The number of terminal acetylenes is 1. The molecule has 160 valence electrons. The summed E-state index contributed by atoms with van der Waals surface area (Å²) in [6, 6.07) is 9.42. The van der Waals surface area contributed by atoms with Gasteiger partial charge in [-0.15, -0.1) is 6.42 Å². The second-order valence-corrected chi connectivity index (χ2v) is 7.55. The molecule has 0 aliphatic heterocycles. The molecular weight excluding hydrogens is 400 g/mol. The molecule has 0 unspecified atom stereocenters. The Kier molecular flexibility index (Phi) is 6.98. The molecule has 0 aliphatic carbocycles. The van der Waals surface area contributed by atoms with E-state index < -0.39 is 29.3 Å². The molecule has 0 aliphatic rings. The fraction of sp³-hybridized carbons (Fsp3) is 0.318. The zero-order valence-electron chi connectivity index (χ0n) is 16.8. The van der Waals surface area contributed by atoms with Gasteiger partial charge in [-0.25, -0.2) is 9.18 Å². The van der Waals surface area contributed by atoms with Gasteiger partial charge in [-0.2, -0.15) is 13.2 Å². The van der Waals surface area contributed by atoms with Gasteiger partial charge >= 0.3 is 12.3 Å². The van der Waals surface area contributed by atoms with Crippen LogP contribution >= 0.6 is 0 Å². The van der Waals surface area contributed by atoms with Crippen molar-refractivity contribution >= 4 is 17.5 Å². The summed E-state index contributed by atoms with van der Waals surface area (Å²) in [7, 11) is 0. The summed E-state index contributed by atoms with van der Waals surface area (Å²) in [4.78, 5) is 13.5. The van der Waals surface area contributed by atoms with E-state index in [2.05, 4.69) is 11.2 Å². The van der Waals surface area contributed by atoms with Crippen LogP contribution in [-0.2, 0) is 17.5 Å². The molecule has 0 atom stereocenters. The van der Waals surface area contributed by atoms with Gasteiger partial charge in [0.25, 0.3) is 0 Å². The van der Waals surface area contributed by atoms with Crippen molar-refractivity contribution in [1.29, 1.82) is 0 Å². The third kappa shape index (κ3) is 6.69. The average molecular weight is 422 g/mol. The molecule has 0 spiro atoms. The van der Waals surface area contributed by atoms with Gasteiger partial charge in [0.1, 0.15) is 11.4 Å². The van der Waals surface area contributed by atoms with E-state index in [0.29, 0.717) is 11.4 Å². The second-order valence-electron chi connectivity index (χ2n) is 7.55. The lowest BCUT2D eigenvalue weighted by molar-refractivity contribution is -0.140. The molecule has 30 heavy (non-hydrogen) atoms. The fourth-order valence-corrected chi connectivity index (χ4v) is 2.63. The number of hydrogen-bond donors (Lipinski definition) is 1. The first-order chi connectivity index (χ1) is 13.9. The zero-order chi connectivity index (χ0) is 22.5. The molecule has 2 rings (SSSR count). The van der Waals surface area contributed by atoms with Crippen molar-refractivity contribution in [3.63, 3.8) is 0 Å². The number of ether oxygens (including phenoxy) is 1. The van der Waals surface area contributed by atoms with Crippen molar-refractivity contribution in [3.8, 4) is 12.3 Å². The normalized spacial score (nSPS) is 11.5. The van der Waals surface area contributed by atoms with Crippen LogP contribution < -0.4 is 10.2 Å². The van der Waals surface area contributed by atoms with E-state index in [1.807, 2.05) is 0 Å². The Morgan fingerprint density at radius 1 is 1.13 bits per heavy atom. The van der Waals surface area contributed by atoms with Crippen molar-refractivity contribution in [3.05, 3.63) is 59.4 Å². The summed E-state index contributed by atoms with van der Waals surface area (Å²) in [5, 5.41) is 2.59. The van der Waals surface area contributed by atoms with Gasteiger partial charge in [-0.1, -0.05) is 12.0 Å². The van der Waals surface area contributed by atoms with Crippen LogP contribution in [0.2, 0.25) is 0 Å². The van der Waals surface area contributed by atoms with E-state index in [4.69, 9.17) is 11.2 Å². The van der Waals surface area contributed by atoms with Crippen LogP contribution in [0.5, 0.6) is 0 Å². The maximum Gasteiger partial charge on any atom is 0.419 e. The Hall–Kier alpha value is -3.21. The Balaban J connectivity index is 2.17. The second kappa shape index (κ2) is 9.08. The van der Waals surface area contributed by atoms with E-state index in [9.17, 15) is 22.4 Å². The number of alkyl halides is 3. The molecule has 4 nitrogen and oxygen atoms in total. The first-order valence-electron chi connectivity index (χ1n) is 9.03. The molecule has 0 saturated heterocycles. The van der Waals surface area contributed by atoms with Gasteiger partial charge < -0.3 is 9.64 Å². The van der Waals surface area contributed by atoms with Crippen LogP contribution in [0.3, 0.4) is 0 Å². The van der Waals surface area contributed by atoms with Crippen LogP contribution in [0.1, 0.15) is 31.9 Å². The van der Waals surface area contributed by atoms with Crippen LogP contribution in [0.15, 0.2) is 42.5 Å². The molecule has 1 amide bonds. The maximum absolute atomic E-state index is 13.5. The predicted octanol–water partition coefficient (Wildman–Crippen LogP) is 5.83. The lowest BCUT2D eigenvalue weighted by atomic mass is 10.1.